The first-order valence-electron chi connectivity index (χ1n) is 9.38. The summed E-state index contributed by atoms with van der Waals surface area (Å²) in [6.07, 6.45) is 3.86. The van der Waals surface area contributed by atoms with Gasteiger partial charge in [-0.25, -0.2) is 4.98 Å². The van der Waals surface area contributed by atoms with Crippen LogP contribution in [0, 0.1) is 0 Å². The Labute approximate surface area is 154 Å². The van der Waals surface area contributed by atoms with Gasteiger partial charge in [-0.3, -0.25) is 0 Å². The van der Waals surface area contributed by atoms with Gasteiger partial charge >= 0.3 is 0 Å². The maximum absolute atomic E-state index is 10.2. The van der Waals surface area contributed by atoms with Crippen molar-refractivity contribution in [2.75, 3.05) is 55.8 Å². The van der Waals surface area contributed by atoms with E-state index in [0.29, 0.717) is 0 Å². The summed E-state index contributed by atoms with van der Waals surface area (Å²) in [6, 6.07) is 12.3. The lowest BCUT2D eigenvalue weighted by molar-refractivity contribution is 0.122. The first kappa shape index (κ1) is 17.2. The van der Waals surface area contributed by atoms with E-state index in [2.05, 4.69) is 26.9 Å². The fourth-order valence-electron chi connectivity index (χ4n) is 4.01. The molecule has 2 fully saturated rings. The van der Waals surface area contributed by atoms with Gasteiger partial charge in [0.1, 0.15) is 5.82 Å². The molecule has 0 radical (unpaired) electrons. The van der Waals surface area contributed by atoms with Gasteiger partial charge in [0.05, 0.1) is 19.8 Å². The van der Waals surface area contributed by atoms with Crippen molar-refractivity contribution in [1.82, 2.24) is 9.97 Å². The molecule has 1 aromatic carbocycles. The number of hydrogen-bond acceptors (Lipinski definition) is 6. The molecule has 1 aromatic heterocycles. The quantitative estimate of drug-likeness (QED) is 0.904. The van der Waals surface area contributed by atoms with Gasteiger partial charge in [-0.05, 0) is 24.5 Å². The second kappa shape index (κ2) is 7.60. The second-order valence-corrected chi connectivity index (χ2v) is 7.14. The molecule has 6 nitrogen and oxygen atoms in total. The molecule has 1 unspecified atom stereocenters. The average molecular weight is 354 g/mol. The highest BCUT2D eigenvalue weighted by molar-refractivity contribution is 5.46. The van der Waals surface area contributed by atoms with Gasteiger partial charge in [-0.1, -0.05) is 30.3 Å². The van der Waals surface area contributed by atoms with Crippen molar-refractivity contribution in [2.24, 2.45) is 0 Å². The Bertz CT molecular complexity index is 721. The molecule has 2 aliphatic heterocycles. The van der Waals surface area contributed by atoms with E-state index >= 15 is 0 Å². The number of hydrogen-bond donors (Lipinski definition) is 1. The smallest absolute Gasteiger partial charge is 0.227 e. The van der Waals surface area contributed by atoms with Crippen LogP contribution in [0.15, 0.2) is 42.6 Å². The van der Waals surface area contributed by atoms with E-state index in [1.807, 2.05) is 30.5 Å². The highest BCUT2D eigenvalue weighted by atomic mass is 16.5. The van der Waals surface area contributed by atoms with Crippen LogP contribution in [0.4, 0.5) is 11.8 Å². The molecule has 6 heteroatoms. The third-order valence-corrected chi connectivity index (χ3v) is 5.51. The zero-order chi connectivity index (χ0) is 17.8. The molecule has 0 bridgehead atoms. The lowest BCUT2D eigenvalue weighted by Gasteiger charge is -2.43. The summed E-state index contributed by atoms with van der Waals surface area (Å²) in [5.74, 6) is 1.71. The molecule has 2 saturated heterocycles. The molecule has 26 heavy (non-hydrogen) atoms. The van der Waals surface area contributed by atoms with E-state index in [9.17, 15) is 5.11 Å². The van der Waals surface area contributed by atoms with E-state index in [1.54, 1.807) is 0 Å². The number of rotatable bonds is 4. The Hall–Kier alpha value is -2.18. The molecule has 3 heterocycles. The molecule has 1 N–H and O–H groups in total. The minimum Gasteiger partial charge on any atom is -0.395 e. The van der Waals surface area contributed by atoms with Gasteiger partial charge in [0.2, 0.25) is 5.95 Å². The molecule has 0 amide bonds. The van der Waals surface area contributed by atoms with Crippen molar-refractivity contribution in [3.05, 3.63) is 48.2 Å². The SMILES string of the molecule is OCC1(c2ccccc2)CCCN(c2ccnc(N3CCOCC3)n2)C1. The molecule has 2 aliphatic rings. The van der Waals surface area contributed by atoms with Crippen LogP contribution in [-0.2, 0) is 10.2 Å². The summed E-state index contributed by atoms with van der Waals surface area (Å²) in [6.45, 7) is 4.97. The topological polar surface area (TPSA) is 61.7 Å². The number of aliphatic hydroxyl groups excluding tert-OH is 1. The number of morpholine rings is 1. The molecule has 0 saturated carbocycles. The largest absolute Gasteiger partial charge is 0.395 e. The zero-order valence-corrected chi connectivity index (χ0v) is 15.0. The molecule has 0 spiro atoms. The average Bonchev–Trinajstić information content (AvgIpc) is 2.75. The van der Waals surface area contributed by atoms with Crippen LogP contribution in [-0.4, -0.2) is 61.1 Å². The Balaban J connectivity index is 1.58. The van der Waals surface area contributed by atoms with Crippen LogP contribution in [0.5, 0.6) is 0 Å². The molecule has 138 valence electrons. The standard InChI is InChI=1S/C20H26N4O2/c25-16-20(17-5-2-1-3-6-17)8-4-10-24(15-20)18-7-9-21-19(22-18)23-11-13-26-14-12-23/h1-3,5-7,9,25H,4,8,10-16H2. The summed E-state index contributed by atoms with van der Waals surface area (Å²) in [7, 11) is 0. The Kier molecular flexibility index (Phi) is 5.04. The molecule has 4 rings (SSSR count). The van der Waals surface area contributed by atoms with E-state index in [1.165, 1.54) is 5.56 Å². The fraction of sp³-hybridized carbons (Fsp3) is 0.500. The van der Waals surface area contributed by atoms with E-state index in [4.69, 9.17) is 9.72 Å². The number of ether oxygens (including phenoxy) is 1. The van der Waals surface area contributed by atoms with Gasteiger partial charge in [0, 0.05) is 37.8 Å². The van der Waals surface area contributed by atoms with E-state index in [0.717, 1.165) is 64.0 Å². The first-order valence-corrected chi connectivity index (χ1v) is 9.38. The number of benzene rings is 1. The monoisotopic (exact) mass is 354 g/mol. The van der Waals surface area contributed by atoms with Crippen molar-refractivity contribution in [1.29, 1.82) is 0 Å². The van der Waals surface area contributed by atoms with Gasteiger partial charge in [0.25, 0.3) is 0 Å². The van der Waals surface area contributed by atoms with Crippen molar-refractivity contribution >= 4 is 11.8 Å². The highest BCUT2D eigenvalue weighted by Crippen LogP contribution is 2.35. The Morgan fingerprint density at radius 1 is 1.04 bits per heavy atom. The number of piperidine rings is 1. The van der Waals surface area contributed by atoms with Gasteiger partial charge in [0.15, 0.2) is 0 Å². The third-order valence-electron chi connectivity index (χ3n) is 5.51. The Morgan fingerprint density at radius 3 is 2.62 bits per heavy atom. The fourth-order valence-corrected chi connectivity index (χ4v) is 4.01. The maximum Gasteiger partial charge on any atom is 0.227 e. The maximum atomic E-state index is 10.2. The molecular weight excluding hydrogens is 328 g/mol. The summed E-state index contributed by atoms with van der Waals surface area (Å²) in [5.41, 5.74) is 0.971. The van der Waals surface area contributed by atoms with Crippen molar-refractivity contribution in [2.45, 2.75) is 18.3 Å². The first-order chi connectivity index (χ1) is 12.8. The normalized spacial score (nSPS) is 23.9. The third kappa shape index (κ3) is 3.39. The van der Waals surface area contributed by atoms with E-state index < -0.39 is 0 Å². The molecule has 1 atom stereocenters. The van der Waals surface area contributed by atoms with Crippen molar-refractivity contribution in [3.8, 4) is 0 Å². The molecular formula is C20H26N4O2. The minimum atomic E-state index is -0.233. The zero-order valence-electron chi connectivity index (χ0n) is 15.0. The summed E-state index contributed by atoms with van der Waals surface area (Å²) >= 11 is 0. The van der Waals surface area contributed by atoms with Crippen molar-refractivity contribution in [3.63, 3.8) is 0 Å². The summed E-state index contributed by atoms with van der Waals surface area (Å²) in [4.78, 5) is 13.7. The Morgan fingerprint density at radius 2 is 1.85 bits per heavy atom. The van der Waals surface area contributed by atoms with Crippen molar-refractivity contribution < 1.29 is 9.84 Å². The lowest BCUT2D eigenvalue weighted by Crippen LogP contribution is -2.49. The van der Waals surface area contributed by atoms with Gasteiger partial charge < -0.3 is 19.6 Å². The molecule has 2 aromatic rings. The van der Waals surface area contributed by atoms with E-state index in [-0.39, 0.29) is 12.0 Å². The van der Waals surface area contributed by atoms with Crippen LogP contribution in [0.3, 0.4) is 0 Å². The predicted molar refractivity (Wildman–Crippen MR) is 102 cm³/mol. The lowest BCUT2D eigenvalue weighted by atomic mass is 9.75. The second-order valence-electron chi connectivity index (χ2n) is 7.14. The number of aromatic nitrogens is 2. The van der Waals surface area contributed by atoms with Gasteiger partial charge in [-0.2, -0.15) is 4.98 Å². The van der Waals surface area contributed by atoms with Crippen LogP contribution in [0.2, 0.25) is 0 Å². The number of aliphatic hydroxyl groups is 1. The van der Waals surface area contributed by atoms with Gasteiger partial charge in [-0.15, -0.1) is 0 Å². The summed E-state index contributed by atoms with van der Waals surface area (Å²) in [5, 5.41) is 10.2. The molecule has 0 aliphatic carbocycles. The van der Waals surface area contributed by atoms with Crippen LogP contribution < -0.4 is 9.80 Å². The van der Waals surface area contributed by atoms with Crippen LogP contribution in [0.1, 0.15) is 18.4 Å². The van der Waals surface area contributed by atoms with Crippen LogP contribution >= 0.6 is 0 Å². The highest BCUT2D eigenvalue weighted by Gasteiger charge is 2.37. The van der Waals surface area contributed by atoms with Crippen LogP contribution in [0.25, 0.3) is 0 Å². The summed E-state index contributed by atoms with van der Waals surface area (Å²) < 4.78 is 5.42. The minimum absolute atomic E-state index is 0.148. The predicted octanol–water partition coefficient (Wildman–Crippen LogP) is 1.84. The number of anilines is 2. The number of nitrogens with zero attached hydrogens (tertiary/aromatic N) is 4.